The highest BCUT2D eigenvalue weighted by molar-refractivity contribution is 6.53. The molecule has 1 fully saturated rings. The summed E-state index contributed by atoms with van der Waals surface area (Å²) in [5, 5.41) is 16.2. The number of carbonyl (C=O) groups is 1. The second-order valence-corrected chi connectivity index (χ2v) is 8.00. The molecular formula is C21H23Cl2FN2O2. The monoisotopic (exact) mass is 424 g/mol. The maximum atomic E-state index is 13.3. The maximum absolute atomic E-state index is 13.3. The van der Waals surface area contributed by atoms with E-state index < -0.39 is 29.6 Å². The van der Waals surface area contributed by atoms with E-state index in [0.29, 0.717) is 11.6 Å². The van der Waals surface area contributed by atoms with Crippen LogP contribution in [0.2, 0.25) is 0 Å². The van der Waals surface area contributed by atoms with Crippen molar-refractivity contribution in [3.63, 3.8) is 0 Å². The molecule has 3 N–H and O–H groups in total. The molecule has 7 heteroatoms. The average molecular weight is 425 g/mol. The largest absolute Gasteiger partial charge is 0.386 e. The van der Waals surface area contributed by atoms with Gasteiger partial charge in [0.15, 0.2) is 4.84 Å². The van der Waals surface area contributed by atoms with Gasteiger partial charge in [-0.3, -0.25) is 4.79 Å². The van der Waals surface area contributed by atoms with Crippen molar-refractivity contribution in [3.05, 3.63) is 59.7 Å². The number of nitrogens with one attached hydrogen (secondary N) is 2. The molecule has 1 amide bonds. The molecule has 2 aromatic rings. The molecule has 0 radical (unpaired) electrons. The summed E-state index contributed by atoms with van der Waals surface area (Å²) in [4.78, 5) is 10.2. The van der Waals surface area contributed by atoms with E-state index in [9.17, 15) is 14.3 Å². The number of aliphatic hydroxyl groups is 1. The first-order chi connectivity index (χ1) is 13.5. The highest BCUT2D eigenvalue weighted by atomic mass is 35.5. The molecule has 28 heavy (non-hydrogen) atoms. The van der Waals surface area contributed by atoms with Gasteiger partial charge in [0.25, 0.3) is 5.91 Å². The van der Waals surface area contributed by atoms with Crippen LogP contribution in [0, 0.1) is 0 Å². The SMILES string of the molecule is O=C(NC(CF)C(O)c1ccc(-c2ccc(C3CCCN3)cc2)cc1)C(Cl)Cl. The summed E-state index contributed by atoms with van der Waals surface area (Å²) in [6.07, 6.45) is 1.16. The molecule has 0 aromatic heterocycles. The third kappa shape index (κ3) is 5.03. The first-order valence-corrected chi connectivity index (χ1v) is 10.1. The number of benzene rings is 2. The minimum Gasteiger partial charge on any atom is -0.386 e. The van der Waals surface area contributed by atoms with E-state index in [0.717, 1.165) is 24.1 Å². The van der Waals surface area contributed by atoms with Crippen LogP contribution in [-0.4, -0.2) is 35.1 Å². The number of hydrogen-bond donors (Lipinski definition) is 3. The van der Waals surface area contributed by atoms with Gasteiger partial charge in [-0.25, -0.2) is 4.39 Å². The molecule has 4 nitrogen and oxygen atoms in total. The summed E-state index contributed by atoms with van der Waals surface area (Å²) in [7, 11) is 0. The Balaban J connectivity index is 1.69. The molecule has 3 atom stereocenters. The standard InChI is InChI=1S/C21H23Cl2FN2O2/c22-20(23)21(28)26-18(12-24)19(27)16-9-5-14(6-10-16)13-3-7-15(8-4-13)17-2-1-11-25-17/h3-10,17-20,25,27H,1-2,11-12H2,(H,26,28). The molecule has 0 bridgehead atoms. The summed E-state index contributed by atoms with van der Waals surface area (Å²) >= 11 is 10.9. The maximum Gasteiger partial charge on any atom is 0.253 e. The van der Waals surface area contributed by atoms with Crippen molar-refractivity contribution in [2.75, 3.05) is 13.2 Å². The molecule has 1 aliphatic rings. The van der Waals surface area contributed by atoms with E-state index >= 15 is 0 Å². The zero-order valence-corrected chi connectivity index (χ0v) is 16.8. The number of rotatable bonds is 7. The second kappa shape index (κ2) is 9.70. The van der Waals surface area contributed by atoms with Crippen LogP contribution < -0.4 is 10.6 Å². The van der Waals surface area contributed by atoms with Crippen LogP contribution >= 0.6 is 23.2 Å². The Labute approximate surface area is 174 Å². The molecule has 0 spiro atoms. The molecule has 3 unspecified atom stereocenters. The van der Waals surface area contributed by atoms with Gasteiger partial charge in [0.1, 0.15) is 12.8 Å². The van der Waals surface area contributed by atoms with Gasteiger partial charge >= 0.3 is 0 Å². The Hall–Kier alpha value is -1.66. The Morgan fingerprint density at radius 3 is 2.25 bits per heavy atom. The fourth-order valence-corrected chi connectivity index (χ4v) is 3.56. The molecule has 0 aliphatic carbocycles. The highest BCUT2D eigenvalue weighted by Gasteiger charge is 2.25. The van der Waals surface area contributed by atoms with Gasteiger partial charge < -0.3 is 15.7 Å². The van der Waals surface area contributed by atoms with Crippen LogP contribution in [-0.2, 0) is 4.79 Å². The normalized spacial score (nSPS) is 18.8. The van der Waals surface area contributed by atoms with Crippen molar-refractivity contribution in [3.8, 4) is 11.1 Å². The Kier molecular flexibility index (Phi) is 7.30. The quantitative estimate of drug-likeness (QED) is 0.587. The van der Waals surface area contributed by atoms with Gasteiger partial charge in [0, 0.05) is 6.04 Å². The van der Waals surface area contributed by atoms with Gasteiger partial charge in [-0.05, 0) is 41.6 Å². The summed E-state index contributed by atoms with van der Waals surface area (Å²) in [5.74, 6) is -0.738. The van der Waals surface area contributed by atoms with Crippen LogP contribution in [0.25, 0.3) is 11.1 Å². The van der Waals surface area contributed by atoms with E-state index in [1.54, 1.807) is 12.1 Å². The predicted molar refractivity (Wildman–Crippen MR) is 110 cm³/mol. The van der Waals surface area contributed by atoms with Gasteiger partial charge in [-0.2, -0.15) is 0 Å². The number of carbonyl (C=O) groups excluding carboxylic acids is 1. The molecule has 0 saturated carbocycles. The zero-order valence-electron chi connectivity index (χ0n) is 15.2. The Bertz CT molecular complexity index is 778. The van der Waals surface area contributed by atoms with Crippen LogP contribution in [0.5, 0.6) is 0 Å². The van der Waals surface area contributed by atoms with Crippen LogP contribution in [0.4, 0.5) is 4.39 Å². The predicted octanol–water partition coefficient (Wildman–Crippen LogP) is 4.07. The van der Waals surface area contributed by atoms with E-state index in [-0.39, 0.29) is 0 Å². The molecule has 2 aromatic carbocycles. The second-order valence-electron chi connectivity index (χ2n) is 6.91. The fourth-order valence-electron chi connectivity index (χ4n) is 3.43. The molecular weight excluding hydrogens is 402 g/mol. The number of halogens is 3. The van der Waals surface area contributed by atoms with Gasteiger partial charge in [-0.15, -0.1) is 0 Å². The third-order valence-corrected chi connectivity index (χ3v) is 5.43. The average Bonchev–Trinajstić information content (AvgIpc) is 3.26. The van der Waals surface area contributed by atoms with Crippen LogP contribution in [0.3, 0.4) is 0 Å². The van der Waals surface area contributed by atoms with Crippen molar-refractivity contribution in [2.45, 2.75) is 35.9 Å². The smallest absolute Gasteiger partial charge is 0.253 e. The minimum absolute atomic E-state index is 0.431. The minimum atomic E-state index is -1.31. The van der Waals surface area contributed by atoms with E-state index in [4.69, 9.17) is 23.2 Å². The summed E-state index contributed by atoms with van der Waals surface area (Å²) in [6, 6.07) is 14.9. The molecule has 3 rings (SSSR count). The first kappa shape index (κ1) is 21.1. The van der Waals surface area contributed by atoms with E-state index in [2.05, 4.69) is 34.9 Å². The van der Waals surface area contributed by atoms with Crippen molar-refractivity contribution in [1.82, 2.24) is 10.6 Å². The number of hydrogen-bond acceptors (Lipinski definition) is 3. The zero-order chi connectivity index (χ0) is 20.1. The Morgan fingerprint density at radius 2 is 1.75 bits per heavy atom. The number of alkyl halides is 3. The van der Waals surface area contributed by atoms with Crippen molar-refractivity contribution in [2.24, 2.45) is 0 Å². The number of aliphatic hydroxyl groups excluding tert-OH is 1. The number of amides is 1. The summed E-state index contributed by atoms with van der Waals surface area (Å²) in [6.45, 7) is 0.124. The molecule has 1 heterocycles. The van der Waals surface area contributed by atoms with Crippen molar-refractivity contribution >= 4 is 29.1 Å². The highest BCUT2D eigenvalue weighted by Crippen LogP contribution is 2.27. The van der Waals surface area contributed by atoms with Crippen LogP contribution in [0.1, 0.15) is 36.1 Å². The van der Waals surface area contributed by atoms with Gasteiger partial charge in [0.05, 0.1) is 6.04 Å². The third-order valence-electron chi connectivity index (χ3n) is 5.03. The lowest BCUT2D eigenvalue weighted by Crippen LogP contribution is -2.43. The van der Waals surface area contributed by atoms with Crippen molar-refractivity contribution < 1.29 is 14.3 Å². The lowest BCUT2D eigenvalue weighted by atomic mass is 9.97. The Morgan fingerprint density at radius 1 is 1.14 bits per heavy atom. The topological polar surface area (TPSA) is 61.4 Å². The lowest BCUT2D eigenvalue weighted by Gasteiger charge is -2.22. The summed E-state index contributed by atoms with van der Waals surface area (Å²) in [5.41, 5.74) is 3.83. The fraction of sp³-hybridized carbons (Fsp3) is 0.381. The molecule has 1 aliphatic heterocycles. The van der Waals surface area contributed by atoms with E-state index in [1.807, 2.05) is 12.1 Å². The molecule has 1 saturated heterocycles. The first-order valence-electron chi connectivity index (χ1n) is 9.26. The summed E-state index contributed by atoms with van der Waals surface area (Å²) < 4.78 is 13.3. The van der Waals surface area contributed by atoms with Gasteiger partial charge in [0.2, 0.25) is 0 Å². The molecule has 150 valence electrons. The van der Waals surface area contributed by atoms with E-state index in [1.165, 1.54) is 12.0 Å². The van der Waals surface area contributed by atoms with Crippen LogP contribution in [0.15, 0.2) is 48.5 Å². The van der Waals surface area contributed by atoms with Gasteiger partial charge in [-0.1, -0.05) is 71.7 Å². The lowest BCUT2D eigenvalue weighted by molar-refractivity contribution is -0.121. The van der Waals surface area contributed by atoms with Crippen molar-refractivity contribution in [1.29, 1.82) is 0 Å².